The first-order valence-corrected chi connectivity index (χ1v) is 4.37. The van der Waals surface area contributed by atoms with Crippen molar-refractivity contribution >= 4 is 5.71 Å². The number of hydrogen-bond donors (Lipinski definition) is 0. The van der Waals surface area contributed by atoms with Crippen molar-refractivity contribution in [2.45, 2.75) is 38.6 Å². The average Bonchev–Trinajstić information content (AvgIpc) is 2.40. The van der Waals surface area contributed by atoms with Crippen LogP contribution in [0.2, 0.25) is 0 Å². The van der Waals surface area contributed by atoms with Crippen LogP contribution in [0.15, 0.2) is 4.99 Å². The molecular formula is C9H17NO. The predicted octanol–water partition coefficient (Wildman–Crippen LogP) is 2.04. The number of hydrogen-bond acceptors (Lipinski definition) is 2. The normalized spacial score (nSPS) is 20.4. The fraction of sp³-hybridized carbons (Fsp3) is 0.889. The maximum atomic E-state index is 5.01. The van der Waals surface area contributed by atoms with Crippen LogP contribution < -0.4 is 0 Å². The van der Waals surface area contributed by atoms with E-state index in [1.54, 1.807) is 7.11 Å². The van der Waals surface area contributed by atoms with Gasteiger partial charge in [-0.25, -0.2) is 0 Å². The molecule has 64 valence electrons. The first kappa shape index (κ1) is 8.72. The summed E-state index contributed by atoms with van der Waals surface area (Å²) in [5, 5.41) is 0. The molecule has 0 bridgehead atoms. The second-order valence-corrected chi connectivity index (χ2v) is 3.21. The molecule has 0 heterocycles. The summed E-state index contributed by atoms with van der Waals surface area (Å²) in [6.07, 6.45) is 5.10. The summed E-state index contributed by atoms with van der Waals surface area (Å²) in [6.45, 7) is 2.86. The maximum absolute atomic E-state index is 5.01. The molecule has 0 spiro atoms. The number of ether oxygens (including phenoxy) is 1. The minimum atomic E-state index is 0.355. The summed E-state index contributed by atoms with van der Waals surface area (Å²) in [7, 11) is 1.73. The number of rotatable bonds is 3. The Morgan fingerprint density at radius 3 is 2.64 bits per heavy atom. The molecule has 0 saturated heterocycles. The van der Waals surface area contributed by atoms with Crippen molar-refractivity contribution in [2.75, 3.05) is 13.7 Å². The van der Waals surface area contributed by atoms with Crippen molar-refractivity contribution in [1.29, 1.82) is 0 Å². The lowest BCUT2D eigenvalue weighted by Gasteiger charge is -2.05. The highest BCUT2D eigenvalue weighted by Gasteiger charge is 2.09. The van der Waals surface area contributed by atoms with E-state index in [4.69, 9.17) is 4.74 Å². The second-order valence-electron chi connectivity index (χ2n) is 3.21. The third kappa shape index (κ3) is 3.02. The van der Waals surface area contributed by atoms with Crippen LogP contribution in [0, 0.1) is 0 Å². The topological polar surface area (TPSA) is 21.6 Å². The number of nitrogens with zero attached hydrogens (tertiary/aromatic N) is 1. The van der Waals surface area contributed by atoms with Gasteiger partial charge in [-0.1, -0.05) is 0 Å². The summed E-state index contributed by atoms with van der Waals surface area (Å²) in [5.74, 6) is 0. The van der Waals surface area contributed by atoms with Crippen molar-refractivity contribution in [2.24, 2.45) is 4.99 Å². The predicted molar refractivity (Wildman–Crippen MR) is 47.2 cm³/mol. The molecule has 11 heavy (non-hydrogen) atoms. The Morgan fingerprint density at radius 1 is 1.45 bits per heavy atom. The molecular weight excluding hydrogens is 138 g/mol. The molecule has 1 atom stereocenters. The third-order valence-corrected chi connectivity index (χ3v) is 1.99. The second kappa shape index (κ2) is 4.50. The van der Waals surface area contributed by atoms with Crippen LogP contribution in [0.5, 0.6) is 0 Å². The molecule has 1 fully saturated rings. The van der Waals surface area contributed by atoms with Gasteiger partial charge in [-0.15, -0.1) is 0 Å². The van der Waals surface area contributed by atoms with Gasteiger partial charge in [-0.05, 0) is 32.6 Å². The Morgan fingerprint density at radius 2 is 2.09 bits per heavy atom. The fourth-order valence-corrected chi connectivity index (χ4v) is 1.50. The molecule has 1 aliphatic carbocycles. The van der Waals surface area contributed by atoms with Crippen molar-refractivity contribution in [1.82, 2.24) is 0 Å². The Kier molecular flexibility index (Phi) is 3.57. The zero-order chi connectivity index (χ0) is 8.10. The first-order valence-electron chi connectivity index (χ1n) is 4.37. The quantitative estimate of drug-likeness (QED) is 0.611. The highest BCUT2D eigenvalue weighted by Crippen LogP contribution is 2.15. The molecule has 0 aromatic rings. The molecule has 1 rings (SSSR count). The zero-order valence-electron chi connectivity index (χ0n) is 7.47. The smallest absolute Gasteiger partial charge is 0.0704 e. The van der Waals surface area contributed by atoms with E-state index >= 15 is 0 Å². The van der Waals surface area contributed by atoms with Crippen molar-refractivity contribution in [3.63, 3.8) is 0 Å². The molecule has 0 radical (unpaired) electrons. The highest BCUT2D eigenvalue weighted by atomic mass is 16.5. The lowest BCUT2D eigenvalue weighted by Crippen LogP contribution is -2.09. The van der Waals surface area contributed by atoms with E-state index in [1.165, 1.54) is 31.4 Å². The van der Waals surface area contributed by atoms with Gasteiger partial charge < -0.3 is 4.74 Å². The van der Waals surface area contributed by atoms with Gasteiger partial charge in [-0.3, -0.25) is 4.99 Å². The van der Waals surface area contributed by atoms with Crippen LogP contribution in [-0.4, -0.2) is 25.5 Å². The van der Waals surface area contributed by atoms with Crippen LogP contribution in [0.4, 0.5) is 0 Å². The molecule has 0 aromatic heterocycles. The third-order valence-electron chi connectivity index (χ3n) is 1.99. The van der Waals surface area contributed by atoms with Crippen molar-refractivity contribution in [3.8, 4) is 0 Å². The lowest BCUT2D eigenvalue weighted by molar-refractivity contribution is 0.186. The largest absolute Gasteiger partial charge is 0.382 e. The fourth-order valence-electron chi connectivity index (χ4n) is 1.50. The molecule has 0 N–H and O–H groups in total. The highest BCUT2D eigenvalue weighted by molar-refractivity contribution is 5.86. The van der Waals surface area contributed by atoms with E-state index in [0.29, 0.717) is 6.04 Å². The van der Waals surface area contributed by atoms with E-state index in [0.717, 1.165) is 6.61 Å². The minimum absolute atomic E-state index is 0.355. The molecule has 0 amide bonds. The van der Waals surface area contributed by atoms with Crippen LogP contribution in [0.1, 0.15) is 32.6 Å². The van der Waals surface area contributed by atoms with Gasteiger partial charge in [0.25, 0.3) is 0 Å². The summed E-state index contributed by atoms with van der Waals surface area (Å²) in [6, 6.07) is 0.355. The van der Waals surface area contributed by atoms with E-state index < -0.39 is 0 Å². The Bertz CT molecular complexity index is 134. The minimum Gasteiger partial charge on any atom is -0.382 e. The summed E-state index contributed by atoms with van der Waals surface area (Å²) < 4.78 is 5.01. The number of methoxy groups -OCH3 is 1. The van der Waals surface area contributed by atoms with Gasteiger partial charge in [-0.2, -0.15) is 0 Å². The number of aliphatic imine (C=N–C) groups is 1. The standard InChI is InChI=1S/C9H17NO/c1-8(7-11-2)10-9-5-3-4-6-9/h8H,3-7H2,1-2H3/t8-/m0/s1. The van der Waals surface area contributed by atoms with Gasteiger partial charge in [0.1, 0.15) is 0 Å². The Labute approximate surface area is 68.7 Å². The van der Waals surface area contributed by atoms with E-state index in [9.17, 15) is 0 Å². The van der Waals surface area contributed by atoms with Gasteiger partial charge in [0.2, 0.25) is 0 Å². The maximum Gasteiger partial charge on any atom is 0.0704 e. The van der Waals surface area contributed by atoms with Gasteiger partial charge in [0.05, 0.1) is 12.6 Å². The van der Waals surface area contributed by atoms with E-state index in [2.05, 4.69) is 11.9 Å². The molecule has 0 unspecified atom stereocenters. The summed E-state index contributed by atoms with van der Waals surface area (Å²) >= 11 is 0. The molecule has 0 aliphatic heterocycles. The Balaban J connectivity index is 2.30. The summed E-state index contributed by atoms with van der Waals surface area (Å²) in [5.41, 5.74) is 1.40. The molecule has 2 heteroatoms. The Hall–Kier alpha value is -0.370. The average molecular weight is 155 g/mol. The first-order chi connectivity index (χ1) is 5.33. The van der Waals surface area contributed by atoms with Gasteiger partial charge in [0, 0.05) is 12.8 Å². The van der Waals surface area contributed by atoms with Crippen LogP contribution in [-0.2, 0) is 4.74 Å². The van der Waals surface area contributed by atoms with Gasteiger partial charge in [0.15, 0.2) is 0 Å². The van der Waals surface area contributed by atoms with Crippen LogP contribution in [0.3, 0.4) is 0 Å². The molecule has 2 nitrogen and oxygen atoms in total. The van der Waals surface area contributed by atoms with Crippen molar-refractivity contribution in [3.05, 3.63) is 0 Å². The zero-order valence-corrected chi connectivity index (χ0v) is 7.47. The molecule has 1 aliphatic rings. The van der Waals surface area contributed by atoms with Gasteiger partial charge >= 0.3 is 0 Å². The molecule has 0 aromatic carbocycles. The monoisotopic (exact) mass is 155 g/mol. The van der Waals surface area contributed by atoms with Crippen molar-refractivity contribution < 1.29 is 4.74 Å². The van der Waals surface area contributed by atoms with Crippen LogP contribution >= 0.6 is 0 Å². The summed E-state index contributed by atoms with van der Waals surface area (Å²) in [4.78, 5) is 4.56. The molecule has 1 saturated carbocycles. The van der Waals surface area contributed by atoms with E-state index in [1.807, 2.05) is 0 Å². The SMILES string of the molecule is COC[C@H](C)N=C1CCCC1. The van der Waals surface area contributed by atoms with E-state index in [-0.39, 0.29) is 0 Å². The lowest BCUT2D eigenvalue weighted by atomic mass is 10.3. The van der Waals surface area contributed by atoms with Crippen LogP contribution in [0.25, 0.3) is 0 Å².